The van der Waals surface area contributed by atoms with Crippen LogP contribution in [0.4, 0.5) is 8.78 Å². The molecule has 35 heavy (non-hydrogen) atoms. The zero-order valence-electron chi connectivity index (χ0n) is 18.9. The second-order valence-corrected chi connectivity index (χ2v) is 7.98. The number of methoxy groups -OCH3 is 1. The van der Waals surface area contributed by atoms with Crippen LogP contribution in [0.3, 0.4) is 0 Å². The minimum absolute atomic E-state index is 0.0855. The average molecular weight is 479 g/mol. The van der Waals surface area contributed by atoms with Crippen LogP contribution in [0.5, 0.6) is 5.75 Å². The van der Waals surface area contributed by atoms with Crippen molar-refractivity contribution in [1.82, 2.24) is 4.90 Å². The van der Waals surface area contributed by atoms with Gasteiger partial charge >= 0.3 is 0 Å². The van der Waals surface area contributed by atoms with Crippen molar-refractivity contribution < 1.29 is 33.0 Å². The smallest absolute Gasteiger partial charge is 0.295 e. The van der Waals surface area contributed by atoms with Crippen LogP contribution in [-0.2, 0) is 20.9 Å². The number of carbonyl (C=O) groups excluding carboxylic acids is 2. The number of aliphatic hydroxyl groups excluding tert-OH is 1. The Hall–Kier alpha value is -4.04. The highest BCUT2D eigenvalue weighted by Gasteiger charge is 2.45. The molecular formula is C27H23F2NO5. The lowest BCUT2D eigenvalue weighted by molar-refractivity contribution is -0.140. The summed E-state index contributed by atoms with van der Waals surface area (Å²) in [5, 5.41) is 10.9. The van der Waals surface area contributed by atoms with Gasteiger partial charge in [-0.05, 0) is 59.7 Å². The van der Waals surface area contributed by atoms with Crippen LogP contribution < -0.4 is 4.74 Å². The van der Waals surface area contributed by atoms with Crippen molar-refractivity contribution in [2.24, 2.45) is 0 Å². The molecule has 1 aliphatic heterocycles. The van der Waals surface area contributed by atoms with Crippen LogP contribution in [0.15, 0.2) is 78.4 Å². The number of ketones is 1. The Bertz CT molecular complexity index is 1240. The van der Waals surface area contributed by atoms with Crippen LogP contribution in [0, 0.1) is 11.6 Å². The highest BCUT2D eigenvalue weighted by molar-refractivity contribution is 6.46. The maximum atomic E-state index is 13.4. The fourth-order valence-electron chi connectivity index (χ4n) is 3.90. The van der Waals surface area contributed by atoms with E-state index in [2.05, 4.69) is 0 Å². The summed E-state index contributed by atoms with van der Waals surface area (Å²) >= 11 is 0. The third kappa shape index (κ3) is 5.22. The zero-order chi connectivity index (χ0) is 24.9. The van der Waals surface area contributed by atoms with E-state index in [1.165, 1.54) is 36.3 Å². The average Bonchev–Trinajstić information content (AvgIpc) is 3.12. The number of ether oxygens (including phenoxy) is 2. The number of hydrogen-bond acceptors (Lipinski definition) is 5. The maximum Gasteiger partial charge on any atom is 0.295 e. The lowest BCUT2D eigenvalue weighted by atomic mass is 9.95. The molecule has 0 aromatic heterocycles. The fraction of sp³-hybridized carbons (Fsp3) is 0.185. The molecule has 0 spiro atoms. The van der Waals surface area contributed by atoms with Crippen LogP contribution in [0.25, 0.3) is 5.76 Å². The first-order valence-electron chi connectivity index (χ1n) is 10.9. The predicted molar refractivity (Wildman–Crippen MR) is 124 cm³/mol. The van der Waals surface area contributed by atoms with E-state index in [0.717, 1.165) is 17.7 Å². The van der Waals surface area contributed by atoms with Gasteiger partial charge in [0.15, 0.2) is 0 Å². The van der Waals surface area contributed by atoms with Gasteiger partial charge in [0.05, 0.1) is 18.2 Å². The highest BCUT2D eigenvalue weighted by atomic mass is 19.1. The highest BCUT2D eigenvalue weighted by Crippen LogP contribution is 2.39. The number of nitrogens with zero attached hydrogens (tertiary/aromatic N) is 1. The Labute approximate surface area is 201 Å². The molecule has 3 aromatic rings. The molecule has 4 rings (SSSR count). The van der Waals surface area contributed by atoms with Crippen LogP contribution in [0.2, 0.25) is 0 Å². The van der Waals surface area contributed by atoms with Gasteiger partial charge in [-0.2, -0.15) is 0 Å². The molecule has 1 amide bonds. The number of halogens is 2. The Morgan fingerprint density at radius 1 is 0.914 bits per heavy atom. The number of likely N-dealkylation sites (tertiary alicyclic amines) is 1. The molecule has 0 bridgehead atoms. The van der Waals surface area contributed by atoms with Crippen LogP contribution in [-0.4, -0.2) is 42.0 Å². The quantitative estimate of drug-likeness (QED) is 0.290. The Balaban J connectivity index is 1.65. The number of benzene rings is 3. The molecule has 1 N–H and O–H groups in total. The normalized spacial score (nSPS) is 17.1. The molecular weight excluding hydrogens is 456 g/mol. The molecule has 1 unspecified atom stereocenters. The third-order valence-electron chi connectivity index (χ3n) is 5.71. The molecule has 1 heterocycles. The number of carbonyl (C=O) groups is 2. The van der Waals surface area contributed by atoms with E-state index < -0.39 is 23.5 Å². The van der Waals surface area contributed by atoms with Crippen molar-refractivity contribution in [3.8, 4) is 5.75 Å². The molecule has 180 valence electrons. The van der Waals surface area contributed by atoms with Gasteiger partial charge in [0.25, 0.3) is 11.7 Å². The van der Waals surface area contributed by atoms with Gasteiger partial charge < -0.3 is 19.5 Å². The van der Waals surface area contributed by atoms with Gasteiger partial charge in [-0.15, -0.1) is 0 Å². The molecule has 1 fully saturated rings. The second-order valence-electron chi connectivity index (χ2n) is 7.98. The first kappa shape index (κ1) is 24.1. The first-order chi connectivity index (χ1) is 16.9. The van der Waals surface area contributed by atoms with Crippen LogP contribution >= 0.6 is 0 Å². The van der Waals surface area contributed by atoms with E-state index in [0.29, 0.717) is 11.3 Å². The summed E-state index contributed by atoms with van der Waals surface area (Å²) in [7, 11) is 1.48. The summed E-state index contributed by atoms with van der Waals surface area (Å²) in [6.45, 7) is 0.560. The maximum absolute atomic E-state index is 13.4. The predicted octanol–water partition coefficient (Wildman–Crippen LogP) is 4.61. The van der Waals surface area contributed by atoms with Gasteiger partial charge in [-0.1, -0.05) is 24.3 Å². The second kappa shape index (κ2) is 10.5. The summed E-state index contributed by atoms with van der Waals surface area (Å²) in [5.74, 6) is -2.26. The van der Waals surface area contributed by atoms with Crippen molar-refractivity contribution in [3.05, 3.63) is 107 Å². The first-order valence-corrected chi connectivity index (χ1v) is 10.9. The summed E-state index contributed by atoms with van der Waals surface area (Å²) in [6, 6.07) is 16.9. The van der Waals surface area contributed by atoms with Crippen LogP contribution in [0.1, 0.15) is 22.7 Å². The summed E-state index contributed by atoms with van der Waals surface area (Å²) in [4.78, 5) is 27.1. The monoisotopic (exact) mass is 479 g/mol. The molecule has 1 aliphatic rings. The van der Waals surface area contributed by atoms with E-state index >= 15 is 0 Å². The number of rotatable bonds is 8. The molecule has 8 heteroatoms. The van der Waals surface area contributed by atoms with E-state index in [1.807, 2.05) is 0 Å². The number of amides is 1. The minimum atomic E-state index is -0.860. The standard InChI is InChI=1S/C27H23F2NO5/c1-34-15-14-30-24(23(26(32)27(30)33)25(31)19-4-10-21(29)11-5-19)18-6-12-22(13-7-18)35-16-17-2-8-20(28)9-3-17/h2-13,24,31H,14-16H2,1H3/b25-23-. The summed E-state index contributed by atoms with van der Waals surface area (Å²) in [5.41, 5.74) is 1.51. The van der Waals surface area contributed by atoms with Crippen molar-refractivity contribution >= 4 is 17.4 Å². The van der Waals surface area contributed by atoms with Gasteiger partial charge in [0.2, 0.25) is 0 Å². The van der Waals surface area contributed by atoms with Crippen molar-refractivity contribution in [2.45, 2.75) is 12.6 Å². The molecule has 0 saturated carbocycles. The van der Waals surface area contributed by atoms with Gasteiger partial charge in [0, 0.05) is 19.2 Å². The number of Topliss-reactive ketones (excluding diaryl/α,β-unsaturated/α-hetero) is 1. The van der Waals surface area contributed by atoms with E-state index in [4.69, 9.17) is 9.47 Å². The Kier molecular flexibility index (Phi) is 7.22. The van der Waals surface area contributed by atoms with Gasteiger partial charge in [0.1, 0.15) is 29.8 Å². The van der Waals surface area contributed by atoms with E-state index in [9.17, 15) is 23.5 Å². The van der Waals surface area contributed by atoms with Crippen molar-refractivity contribution in [3.63, 3.8) is 0 Å². The molecule has 0 radical (unpaired) electrons. The lowest BCUT2D eigenvalue weighted by Crippen LogP contribution is -2.32. The molecule has 3 aromatic carbocycles. The largest absolute Gasteiger partial charge is 0.507 e. The topological polar surface area (TPSA) is 76.1 Å². The fourth-order valence-corrected chi connectivity index (χ4v) is 3.90. The number of hydrogen-bond donors (Lipinski definition) is 1. The molecule has 1 atom stereocenters. The Morgan fingerprint density at radius 2 is 1.51 bits per heavy atom. The van der Waals surface area contributed by atoms with Gasteiger partial charge in [-0.25, -0.2) is 8.78 Å². The summed E-state index contributed by atoms with van der Waals surface area (Å²) in [6.07, 6.45) is 0. The SMILES string of the molecule is COCCN1C(=O)C(=O)/C(=C(\O)c2ccc(F)cc2)C1c1ccc(OCc2ccc(F)cc2)cc1. The zero-order valence-corrected chi connectivity index (χ0v) is 18.9. The molecule has 0 aliphatic carbocycles. The third-order valence-corrected chi connectivity index (χ3v) is 5.71. The van der Waals surface area contributed by atoms with Gasteiger partial charge in [-0.3, -0.25) is 9.59 Å². The molecule has 1 saturated heterocycles. The van der Waals surface area contributed by atoms with Crippen molar-refractivity contribution in [2.75, 3.05) is 20.3 Å². The minimum Gasteiger partial charge on any atom is -0.507 e. The lowest BCUT2D eigenvalue weighted by Gasteiger charge is -2.25. The van der Waals surface area contributed by atoms with E-state index in [-0.39, 0.29) is 42.5 Å². The van der Waals surface area contributed by atoms with Crippen molar-refractivity contribution in [1.29, 1.82) is 0 Å². The number of aliphatic hydroxyl groups is 1. The Morgan fingerprint density at radius 3 is 2.11 bits per heavy atom. The summed E-state index contributed by atoms with van der Waals surface area (Å²) < 4.78 is 37.3. The molecule has 6 nitrogen and oxygen atoms in total. The van der Waals surface area contributed by atoms with E-state index in [1.54, 1.807) is 36.4 Å².